The highest BCUT2D eigenvalue weighted by Gasteiger charge is 2.30. The van der Waals surface area contributed by atoms with Crippen LogP contribution >= 0.6 is 0 Å². The molecule has 0 saturated heterocycles. The summed E-state index contributed by atoms with van der Waals surface area (Å²) in [5, 5.41) is 0. The SMILES string of the molecule is CCN(CC)C(=O)C(=O)CC1CCCC1=O. The predicted molar refractivity (Wildman–Crippen MR) is 59.9 cm³/mol. The summed E-state index contributed by atoms with van der Waals surface area (Å²) in [6, 6.07) is 0. The summed E-state index contributed by atoms with van der Waals surface area (Å²) >= 11 is 0. The Morgan fingerprint density at radius 2 is 1.94 bits per heavy atom. The first-order valence-corrected chi connectivity index (χ1v) is 5.94. The number of hydrogen-bond donors (Lipinski definition) is 0. The molecule has 0 heterocycles. The van der Waals surface area contributed by atoms with E-state index in [0.29, 0.717) is 19.5 Å². The van der Waals surface area contributed by atoms with E-state index in [9.17, 15) is 14.4 Å². The van der Waals surface area contributed by atoms with E-state index in [-0.39, 0.29) is 18.1 Å². The van der Waals surface area contributed by atoms with E-state index < -0.39 is 11.7 Å². The lowest BCUT2D eigenvalue weighted by atomic mass is 9.99. The van der Waals surface area contributed by atoms with Crippen molar-refractivity contribution in [2.45, 2.75) is 39.5 Å². The lowest BCUT2D eigenvalue weighted by molar-refractivity contribution is -0.145. The first kappa shape index (κ1) is 12.9. The average molecular weight is 225 g/mol. The highest BCUT2D eigenvalue weighted by Crippen LogP contribution is 2.24. The lowest BCUT2D eigenvalue weighted by Gasteiger charge is -2.18. The molecule has 0 aromatic carbocycles. The normalized spacial score (nSPS) is 19.9. The number of ketones is 2. The summed E-state index contributed by atoms with van der Waals surface area (Å²) in [6.07, 6.45) is 2.29. The summed E-state index contributed by atoms with van der Waals surface area (Å²) in [4.78, 5) is 36.2. The molecule has 1 unspecified atom stereocenters. The van der Waals surface area contributed by atoms with Gasteiger partial charge in [-0.15, -0.1) is 0 Å². The van der Waals surface area contributed by atoms with Crippen molar-refractivity contribution in [1.82, 2.24) is 4.90 Å². The molecular weight excluding hydrogens is 206 g/mol. The molecule has 0 spiro atoms. The van der Waals surface area contributed by atoms with Gasteiger partial charge in [0.1, 0.15) is 5.78 Å². The third kappa shape index (κ3) is 2.90. The van der Waals surface area contributed by atoms with Crippen LogP contribution < -0.4 is 0 Å². The van der Waals surface area contributed by atoms with Crippen molar-refractivity contribution in [3.63, 3.8) is 0 Å². The van der Waals surface area contributed by atoms with Gasteiger partial charge in [0, 0.05) is 31.8 Å². The number of carbonyl (C=O) groups excluding carboxylic acids is 3. The maximum Gasteiger partial charge on any atom is 0.289 e. The summed E-state index contributed by atoms with van der Waals surface area (Å²) in [5.74, 6) is -0.915. The Hall–Kier alpha value is -1.19. The fourth-order valence-electron chi connectivity index (χ4n) is 2.10. The zero-order chi connectivity index (χ0) is 12.1. The van der Waals surface area contributed by atoms with Crippen LogP contribution in [0.3, 0.4) is 0 Å². The van der Waals surface area contributed by atoms with Gasteiger partial charge >= 0.3 is 0 Å². The number of nitrogens with zero attached hydrogens (tertiary/aromatic N) is 1. The van der Waals surface area contributed by atoms with E-state index >= 15 is 0 Å². The fourth-order valence-corrected chi connectivity index (χ4v) is 2.10. The van der Waals surface area contributed by atoms with Crippen LogP contribution in [-0.4, -0.2) is 35.5 Å². The summed E-state index contributed by atoms with van der Waals surface area (Å²) < 4.78 is 0. The van der Waals surface area contributed by atoms with Gasteiger partial charge in [0.25, 0.3) is 5.91 Å². The molecule has 16 heavy (non-hydrogen) atoms. The monoisotopic (exact) mass is 225 g/mol. The van der Waals surface area contributed by atoms with Gasteiger partial charge in [0.2, 0.25) is 5.78 Å². The summed E-state index contributed by atoms with van der Waals surface area (Å²) in [7, 11) is 0. The van der Waals surface area contributed by atoms with E-state index in [1.54, 1.807) is 0 Å². The van der Waals surface area contributed by atoms with Crippen LogP contribution in [0.4, 0.5) is 0 Å². The Morgan fingerprint density at radius 3 is 2.38 bits per heavy atom. The molecule has 0 radical (unpaired) electrons. The molecule has 1 fully saturated rings. The second-order valence-corrected chi connectivity index (χ2v) is 4.16. The standard InChI is InChI=1S/C12H19NO3/c1-3-13(4-2)12(16)11(15)8-9-6-5-7-10(9)14/h9H,3-8H2,1-2H3. The van der Waals surface area contributed by atoms with Gasteiger partial charge in [-0.2, -0.15) is 0 Å². The van der Waals surface area contributed by atoms with E-state index in [1.807, 2.05) is 13.8 Å². The zero-order valence-corrected chi connectivity index (χ0v) is 9.99. The van der Waals surface area contributed by atoms with Crippen LogP contribution in [0.25, 0.3) is 0 Å². The second kappa shape index (κ2) is 5.77. The van der Waals surface area contributed by atoms with Crippen LogP contribution in [-0.2, 0) is 14.4 Å². The molecular formula is C12H19NO3. The number of carbonyl (C=O) groups is 3. The Morgan fingerprint density at radius 1 is 1.31 bits per heavy atom. The first-order valence-electron chi connectivity index (χ1n) is 5.94. The van der Waals surface area contributed by atoms with E-state index in [4.69, 9.17) is 0 Å². The third-order valence-corrected chi connectivity index (χ3v) is 3.15. The van der Waals surface area contributed by atoms with Gasteiger partial charge in [0.15, 0.2) is 0 Å². The number of amides is 1. The van der Waals surface area contributed by atoms with Crippen molar-refractivity contribution in [2.24, 2.45) is 5.92 Å². The second-order valence-electron chi connectivity index (χ2n) is 4.16. The van der Waals surface area contributed by atoms with Crippen molar-refractivity contribution in [3.05, 3.63) is 0 Å². The molecule has 0 aromatic heterocycles. The molecule has 1 amide bonds. The smallest absolute Gasteiger partial charge is 0.289 e. The molecule has 4 heteroatoms. The maximum atomic E-state index is 11.7. The molecule has 1 rings (SSSR count). The third-order valence-electron chi connectivity index (χ3n) is 3.15. The fraction of sp³-hybridized carbons (Fsp3) is 0.750. The van der Waals surface area contributed by atoms with Gasteiger partial charge in [-0.3, -0.25) is 14.4 Å². The number of rotatable bonds is 5. The highest BCUT2D eigenvalue weighted by atomic mass is 16.2. The number of Topliss-reactive ketones (excluding diaryl/α,β-unsaturated/α-hetero) is 2. The molecule has 4 nitrogen and oxygen atoms in total. The van der Waals surface area contributed by atoms with Crippen molar-refractivity contribution in [2.75, 3.05) is 13.1 Å². The summed E-state index contributed by atoms with van der Waals surface area (Å²) in [6.45, 7) is 4.77. The summed E-state index contributed by atoms with van der Waals surface area (Å²) in [5.41, 5.74) is 0. The Labute approximate surface area is 96.0 Å². The van der Waals surface area contributed by atoms with Gasteiger partial charge in [0.05, 0.1) is 0 Å². The van der Waals surface area contributed by atoms with Crippen molar-refractivity contribution < 1.29 is 14.4 Å². The van der Waals surface area contributed by atoms with Crippen LogP contribution in [0.15, 0.2) is 0 Å². The lowest BCUT2D eigenvalue weighted by Crippen LogP contribution is -2.37. The van der Waals surface area contributed by atoms with Gasteiger partial charge in [-0.1, -0.05) is 0 Å². The quantitative estimate of drug-likeness (QED) is 0.660. The minimum absolute atomic E-state index is 0.105. The molecule has 1 atom stereocenters. The van der Waals surface area contributed by atoms with E-state index in [2.05, 4.69) is 0 Å². The van der Waals surface area contributed by atoms with Crippen molar-refractivity contribution in [3.8, 4) is 0 Å². The largest absolute Gasteiger partial charge is 0.337 e. The molecule has 0 N–H and O–H groups in total. The van der Waals surface area contributed by atoms with Crippen molar-refractivity contribution in [1.29, 1.82) is 0 Å². The molecule has 90 valence electrons. The maximum absolute atomic E-state index is 11.7. The average Bonchev–Trinajstić information content (AvgIpc) is 2.66. The highest BCUT2D eigenvalue weighted by molar-refractivity contribution is 6.36. The van der Waals surface area contributed by atoms with Crippen LogP contribution in [0, 0.1) is 5.92 Å². The van der Waals surface area contributed by atoms with Crippen LogP contribution in [0.5, 0.6) is 0 Å². The van der Waals surface area contributed by atoms with Gasteiger partial charge in [-0.25, -0.2) is 0 Å². The van der Waals surface area contributed by atoms with Gasteiger partial charge < -0.3 is 4.90 Å². The van der Waals surface area contributed by atoms with E-state index in [0.717, 1.165) is 12.8 Å². The predicted octanol–water partition coefficient (Wildman–Crippen LogP) is 1.18. The van der Waals surface area contributed by atoms with Crippen LogP contribution in [0.1, 0.15) is 39.5 Å². The molecule has 1 aliphatic carbocycles. The number of hydrogen-bond acceptors (Lipinski definition) is 3. The molecule has 0 bridgehead atoms. The topological polar surface area (TPSA) is 54.5 Å². The van der Waals surface area contributed by atoms with Crippen molar-refractivity contribution >= 4 is 17.5 Å². The first-order chi connectivity index (χ1) is 7.60. The molecule has 1 aliphatic rings. The molecule has 0 aromatic rings. The van der Waals surface area contributed by atoms with E-state index in [1.165, 1.54) is 4.90 Å². The minimum Gasteiger partial charge on any atom is -0.337 e. The number of likely N-dealkylation sites (N-methyl/N-ethyl adjacent to an activating group) is 1. The van der Waals surface area contributed by atoms with Crippen LogP contribution in [0.2, 0.25) is 0 Å². The Bertz CT molecular complexity index is 295. The Balaban J connectivity index is 2.51. The Kier molecular flexibility index (Phi) is 4.65. The zero-order valence-electron chi connectivity index (χ0n) is 9.99. The molecule has 1 saturated carbocycles. The molecule has 0 aliphatic heterocycles. The van der Waals surface area contributed by atoms with Gasteiger partial charge in [-0.05, 0) is 26.7 Å². The minimum atomic E-state index is -0.440.